The molecule has 2 aromatic rings. The minimum atomic E-state index is -0.185. The van der Waals surface area contributed by atoms with Gasteiger partial charge < -0.3 is 15.2 Å². The van der Waals surface area contributed by atoms with Crippen LogP contribution in [0, 0.1) is 5.92 Å². The molecule has 6 nitrogen and oxygen atoms in total. The van der Waals surface area contributed by atoms with E-state index in [1.54, 1.807) is 4.90 Å². The lowest BCUT2D eigenvalue weighted by molar-refractivity contribution is -0.136. The van der Waals surface area contributed by atoms with Crippen LogP contribution in [0.2, 0.25) is 0 Å². The average molecular weight is 370 g/mol. The van der Waals surface area contributed by atoms with E-state index in [2.05, 4.69) is 29.1 Å². The molecule has 0 radical (unpaired) electrons. The quantitative estimate of drug-likeness (QED) is 0.816. The fraction of sp³-hybridized carbons (Fsp3) is 0.571. The van der Waals surface area contributed by atoms with Crippen molar-refractivity contribution in [3.05, 3.63) is 30.1 Å². The van der Waals surface area contributed by atoms with Gasteiger partial charge in [0.25, 0.3) is 0 Å². The summed E-state index contributed by atoms with van der Waals surface area (Å²) in [6.45, 7) is 5.06. The summed E-state index contributed by atoms with van der Waals surface area (Å²) < 4.78 is 0. The summed E-state index contributed by atoms with van der Waals surface area (Å²) in [5.41, 5.74) is 1.86. The van der Waals surface area contributed by atoms with Gasteiger partial charge in [0.2, 0.25) is 11.8 Å². The number of fused-ring (bicyclic) bond motifs is 1. The maximum atomic E-state index is 12.7. The maximum absolute atomic E-state index is 12.7. The van der Waals surface area contributed by atoms with Crippen molar-refractivity contribution in [1.29, 1.82) is 0 Å². The van der Waals surface area contributed by atoms with Crippen LogP contribution < -0.4 is 5.32 Å². The lowest BCUT2D eigenvalue weighted by atomic mass is 10.0. The highest BCUT2D eigenvalue weighted by Crippen LogP contribution is 2.22. The van der Waals surface area contributed by atoms with Gasteiger partial charge >= 0.3 is 0 Å². The Hall–Kier alpha value is -2.37. The first-order valence-corrected chi connectivity index (χ1v) is 10.0. The Labute approximate surface area is 160 Å². The summed E-state index contributed by atoms with van der Waals surface area (Å²) in [6.07, 6.45) is 5.46. The van der Waals surface area contributed by atoms with Gasteiger partial charge in [-0.2, -0.15) is 0 Å². The van der Waals surface area contributed by atoms with Crippen LogP contribution >= 0.6 is 0 Å². The molecule has 1 aromatic carbocycles. The summed E-state index contributed by atoms with van der Waals surface area (Å²) in [7, 11) is 0. The second-order valence-electron chi connectivity index (χ2n) is 7.87. The Bertz CT molecular complexity index is 750. The number of imidazole rings is 1. The van der Waals surface area contributed by atoms with E-state index >= 15 is 0 Å². The molecule has 0 aliphatic carbocycles. The van der Waals surface area contributed by atoms with Crippen molar-refractivity contribution in [2.24, 2.45) is 5.92 Å². The predicted molar refractivity (Wildman–Crippen MR) is 106 cm³/mol. The molecule has 6 heteroatoms. The first-order chi connectivity index (χ1) is 13.0. The second-order valence-corrected chi connectivity index (χ2v) is 7.87. The van der Waals surface area contributed by atoms with Crippen LogP contribution in [-0.2, 0) is 9.59 Å². The van der Waals surface area contributed by atoms with Gasteiger partial charge in [-0.25, -0.2) is 4.98 Å². The molecule has 1 aliphatic rings. The lowest BCUT2D eigenvalue weighted by Gasteiger charge is -2.26. The Morgan fingerprint density at radius 3 is 2.78 bits per heavy atom. The zero-order valence-corrected chi connectivity index (χ0v) is 16.3. The molecule has 0 spiro atoms. The number of nitrogens with one attached hydrogen (secondary N) is 2. The van der Waals surface area contributed by atoms with Crippen molar-refractivity contribution in [1.82, 2.24) is 20.2 Å². The second kappa shape index (κ2) is 9.02. The van der Waals surface area contributed by atoms with Crippen LogP contribution in [-0.4, -0.2) is 39.8 Å². The molecule has 146 valence electrons. The predicted octanol–water partition coefficient (Wildman–Crippen LogP) is 3.56. The van der Waals surface area contributed by atoms with Crippen molar-refractivity contribution in [2.45, 2.75) is 58.4 Å². The topological polar surface area (TPSA) is 78.1 Å². The number of aromatic nitrogens is 2. The molecular weight excluding hydrogens is 340 g/mol. The number of carbonyl (C=O) groups is 2. The standard InChI is InChI=1S/C21H30N4O2/c1-15(2)13-18(21-23-16-9-6-7-10-17(16)24-21)22-19(26)14-25-12-8-4-3-5-11-20(25)27/h6-7,9-10,15,18H,3-5,8,11-14H2,1-2H3,(H,22,26)(H,23,24). The molecule has 2 heterocycles. The van der Waals surface area contributed by atoms with Crippen LogP contribution in [0.4, 0.5) is 0 Å². The van der Waals surface area contributed by atoms with Crippen LogP contribution in [0.1, 0.15) is 64.2 Å². The summed E-state index contributed by atoms with van der Waals surface area (Å²) in [4.78, 5) is 34.7. The number of benzene rings is 1. The van der Waals surface area contributed by atoms with E-state index in [-0.39, 0.29) is 24.4 Å². The Morgan fingerprint density at radius 1 is 1.22 bits per heavy atom. The monoisotopic (exact) mass is 370 g/mol. The zero-order chi connectivity index (χ0) is 19.2. The fourth-order valence-corrected chi connectivity index (χ4v) is 3.64. The minimum absolute atomic E-state index is 0.0917. The van der Waals surface area contributed by atoms with Gasteiger partial charge in [0, 0.05) is 13.0 Å². The van der Waals surface area contributed by atoms with E-state index in [9.17, 15) is 9.59 Å². The van der Waals surface area contributed by atoms with Crippen molar-refractivity contribution in [2.75, 3.05) is 13.1 Å². The number of rotatable bonds is 6. The van der Waals surface area contributed by atoms with E-state index in [1.165, 1.54) is 0 Å². The lowest BCUT2D eigenvalue weighted by Crippen LogP contribution is -2.43. The molecule has 1 unspecified atom stereocenters. The number of H-pyrrole nitrogens is 1. The van der Waals surface area contributed by atoms with Gasteiger partial charge in [-0.1, -0.05) is 38.8 Å². The highest BCUT2D eigenvalue weighted by atomic mass is 16.2. The Morgan fingerprint density at radius 2 is 2.00 bits per heavy atom. The highest BCUT2D eigenvalue weighted by Gasteiger charge is 2.23. The van der Waals surface area contributed by atoms with Crippen molar-refractivity contribution in [3.8, 4) is 0 Å². The smallest absolute Gasteiger partial charge is 0.240 e. The number of nitrogens with zero attached hydrogens (tertiary/aromatic N) is 2. The van der Waals surface area contributed by atoms with Gasteiger partial charge in [0.05, 0.1) is 23.6 Å². The number of aromatic amines is 1. The van der Waals surface area contributed by atoms with Crippen LogP contribution in [0.15, 0.2) is 24.3 Å². The average Bonchev–Trinajstić information content (AvgIpc) is 3.05. The van der Waals surface area contributed by atoms with Gasteiger partial charge in [-0.05, 0) is 37.3 Å². The number of amides is 2. The van der Waals surface area contributed by atoms with Crippen molar-refractivity contribution >= 4 is 22.8 Å². The van der Waals surface area contributed by atoms with Crippen molar-refractivity contribution in [3.63, 3.8) is 0 Å². The summed E-state index contributed by atoms with van der Waals surface area (Å²) in [6, 6.07) is 7.68. The first kappa shape index (κ1) is 19.4. The van der Waals surface area contributed by atoms with E-state index < -0.39 is 0 Å². The number of hydrogen-bond acceptors (Lipinski definition) is 3. The molecule has 27 heavy (non-hydrogen) atoms. The highest BCUT2D eigenvalue weighted by molar-refractivity contribution is 5.85. The van der Waals surface area contributed by atoms with Crippen LogP contribution in [0.5, 0.6) is 0 Å². The van der Waals surface area contributed by atoms with E-state index in [0.717, 1.165) is 49.0 Å². The third-order valence-corrected chi connectivity index (χ3v) is 5.04. The van der Waals surface area contributed by atoms with Gasteiger partial charge in [-0.15, -0.1) is 0 Å². The van der Waals surface area contributed by atoms with Crippen LogP contribution in [0.3, 0.4) is 0 Å². The largest absolute Gasteiger partial charge is 0.345 e. The Balaban J connectivity index is 1.69. The molecule has 3 rings (SSSR count). The van der Waals surface area contributed by atoms with Gasteiger partial charge in [0.15, 0.2) is 0 Å². The van der Waals surface area contributed by atoms with Crippen molar-refractivity contribution < 1.29 is 9.59 Å². The van der Waals surface area contributed by atoms with E-state index in [0.29, 0.717) is 18.9 Å². The molecule has 2 amide bonds. The molecule has 1 aromatic heterocycles. The molecule has 0 saturated carbocycles. The third-order valence-electron chi connectivity index (χ3n) is 5.04. The number of hydrogen-bond donors (Lipinski definition) is 2. The Kier molecular flexibility index (Phi) is 6.48. The van der Waals surface area contributed by atoms with E-state index in [4.69, 9.17) is 0 Å². The fourth-order valence-electron chi connectivity index (χ4n) is 3.64. The summed E-state index contributed by atoms with van der Waals surface area (Å²) in [5, 5.41) is 3.10. The zero-order valence-electron chi connectivity index (χ0n) is 16.3. The minimum Gasteiger partial charge on any atom is -0.345 e. The van der Waals surface area contributed by atoms with E-state index in [1.807, 2.05) is 24.3 Å². The molecule has 1 aliphatic heterocycles. The molecule has 2 N–H and O–H groups in total. The van der Waals surface area contributed by atoms with Gasteiger partial charge in [-0.3, -0.25) is 9.59 Å². The summed E-state index contributed by atoms with van der Waals surface area (Å²) >= 11 is 0. The maximum Gasteiger partial charge on any atom is 0.240 e. The van der Waals surface area contributed by atoms with Gasteiger partial charge in [0.1, 0.15) is 5.82 Å². The normalized spacial score (nSPS) is 17.0. The summed E-state index contributed by atoms with van der Waals surface area (Å²) in [5.74, 6) is 1.16. The first-order valence-electron chi connectivity index (χ1n) is 10.0. The molecule has 0 bridgehead atoms. The number of para-hydroxylation sites is 2. The molecular formula is C21H30N4O2. The number of likely N-dealkylation sites (tertiary alicyclic amines) is 1. The molecule has 1 saturated heterocycles. The SMILES string of the molecule is CC(C)CC(NC(=O)CN1CCCCCCC1=O)c1nc2ccccc2[nH]1. The molecule has 1 atom stereocenters. The molecule has 1 fully saturated rings. The number of carbonyl (C=O) groups excluding carboxylic acids is 2. The third kappa shape index (κ3) is 5.31. The van der Waals surface area contributed by atoms with Crippen LogP contribution in [0.25, 0.3) is 11.0 Å².